The fourth-order valence-electron chi connectivity index (χ4n) is 2.29. The Kier molecular flexibility index (Phi) is 5.57. The average Bonchev–Trinajstić information content (AvgIpc) is 2.50. The minimum atomic E-state index is -0.00317. The lowest BCUT2D eigenvalue weighted by molar-refractivity contribution is 0.0940. The summed E-state index contributed by atoms with van der Waals surface area (Å²) in [6.07, 6.45) is 0.822. The van der Waals surface area contributed by atoms with Crippen LogP contribution in [0.1, 0.15) is 27.0 Å². The minimum absolute atomic E-state index is 0.00317. The van der Waals surface area contributed by atoms with Crippen LogP contribution in [0.5, 0.6) is 0 Å². The zero-order chi connectivity index (χ0) is 15.2. The summed E-state index contributed by atoms with van der Waals surface area (Å²) in [6, 6.07) is 16.3. The van der Waals surface area contributed by atoms with E-state index in [0.717, 1.165) is 28.4 Å². The summed E-state index contributed by atoms with van der Waals surface area (Å²) in [4.78, 5) is 12.4. The van der Waals surface area contributed by atoms with Crippen molar-refractivity contribution < 1.29 is 4.79 Å². The fourth-order valence-corrected chi connectivity index (χ4v) is 2.68. The molecule has 1 unspecified atom stereocenters. The van der Waals surface area contributed by atoms with Gasteiger partial charge in [-0.05, 0) is 37.5 Å². The summed E-state index contributed by atoms with van der Waals surface area (Å²) in [5.74, 6) is -0.00317. The van der Waals surface area contributed by atoms with Crippen LogP contribution in [-0.4, -0.2) is 17.3 Å². The van der Waals surface area contributed by atoms with Crippen LogP contribution in [0.3, 0.4) is 0 Å². The lowest BCUT2D eigenvalue weighted by atomic mass is 10.0. The van der Waals surface area contributed by atoms with E-state index in [1.54, 1.807) is 0 Å². The van der Waals surface area contributed by atoms with Gasteiger partial charge in [0, 0.05) is 16.9 Å². The summed E-state index contributed by atoms with van der Waals surface area (Å²) in [7, 11) is 0. The quantitative estimate of drug-likeness (QED) is 0.814. The van der Waals surface area contributed by atoms with E-state index >= 15 is 0 Å². The van der Waals surface area contributed by atoms with Gasteiger partial charge in [0.1, 0.15) is 0 Å². The molecular formula is C18H20BrNO. The molecule has 0 fully saturated rings. The largest absolute Gasteiger partial charge is 0.348 e. The predicted molar refractivity (Wildman–Crippen MR) is 91.1 cm³/mol. The molecule has 1 N–H and O–H groups in total. The Morgan fingerprint density at radius 2 is 1.86 bits per heavy atom. The highest BCUT2D eigenvalue weighted by atomic mass is 79.9. The number of alkyl halides is 1. The monoisotopic (exact) mass is 345 g/mol. The van der Waals surface area contributed by atoms with Gasteiger partial charge in [0.25, 0.3) is 5.91 Å². The third-order valence-corrected chi connectivity index (χ3v) is 4.27. The molecule has 0 saturated heterocycles. The van der Waals surface area contributed by atoms with Crippen molar-refractivity contribution >= 4 is 21.8 Å². The molecule has 2 nitrogen and oxygen atoms in total. The molecule has 21 heavy (non-hydrogen) atoms. The van der Waals surface area contributed by atoms with Gasteiger partial charge in [-0.2, -0.15) is 0 Å². The maximum atomic E-state index is 12.4. The van der Waals surface area contributed by atoms with Crippen molar-refractivity contribution in [1.29, 1.82) is 0 Å². The van der Waals surface area contributed by atoms with E-state index in [9.17, 15) is 4.79 Å². The third-order valence-electron chi connectivity index (χ3n) is 3.48. The number of amides is 1. The number of aryl methyl sites for hydroxylation is 2. The van der Waals surface area contributed by atoms with Crippen molar-refractivity contribution in [1.82, 2.24) is 5.32 Å². The first-order valence-electron chi connectivity index (χ1n) is 7.08. The number of carbonyl (C=O) groups excluding carboxylic acids is 1. The molecule has 0 radical (unpaired) electrons. The van der Waals surface area contributed by atoms with Crippen LogP contribution in [0, 0.1) is 13.8 Å². The Labute approximate surface area is 134 Å². The molecule has 0 heterocycles. The van der Waals surface area contributed by atoms with Gasteiger partial charge in [-0.3, -0.25) is 4.79 Å². The SMILES string of the molecule is Cc1ccc(C)c(C(=O)NC(CBr)Cc2ccccc2)c1. The highest BCUT2D eigenvalue weighted by molar-refractivity contribution is 9.09. The third kappa shape index (κ3) is 4.43. The van der Waals surface area contributed by atoms with Crippen LogP contribution in [0.4, 0.5) is 0 Å². The summed E-state index contributed by atoms with van der Waals surface area (Å²) >= 11 is 3.49. The Hall–Kier alpha value is -1.61. The molecule has 0 aromatic heterocycles. The molecule has 0 saturated carbocycles. The van der Waals surface area contributed by atoms with Crippen molar-refractivity contribution in [2.24, 2.45) is 0 Å². The van der Waals surface area contributed by atoms with E-state index in [0.29, 0.717) is 0 Å². The first-order valence-corrected chi connectivity index (χ1v) is 8.20. The van der Waals surface area contributed by atoms with Crippen LogP contribution in [-0.2, 0) is 6.42 Å². The zero-order valence-electron chi connectivity index (χ0n) is 12.4. The molecule has 1 amide bonds. The Bertz CT molecular complexity index is 610. The summed E-state index contributed by atoms with van der Waals surface area (Å²) in [5.41, 5.74) is 4.09. The maximum absolute atomic E-state index is 12.4. The van der Waals surface area contributed by atoms with Gasteiger partial charge >= 0.3 is 0 Å². The van der Waals surface area contributed by atoms with E-state index in [1.165, 1.54) is 5.56 Å². The molecule has 2 aromatic carbocycles. The number of hydrogen-bond donors (Lipinski definition) is 1. The van der Waals surface area contributed by atoms with E-state index in [2.05, 4.69) is 33.4 Å². The van der Waals surface area contributed by atoms with Crippen LogP contribution < -0.4 is 5.32 Å². The smallest absolute Gasteiger partial charge is 0.251 e. The molecule has 3 heteroatoms. The highest BCUT2D eigenvalue weighted by Gasteiger charge is 2.15. The summed E-state index contributed by atoms with van der Waals surface area (Å²) in [6.45, 7) is 3.97. The van der Waals surface area contributed by atoms with Crippen molar-refractivity contribution in [3.63, 3.8) is 0 Å². The second kappa shape index (κ2) is 7.41. The lowest BCUT2D eigenvalue weighted by Gasteiger charge is -2.17. The second-order valence-electron chi connectivity index (χ2n) is 5.33. The Morgan fingerprint density at radius 3 is 2.52 bits per heavy atom. The van der Waals surface area contributed by atoms with Gasteiger partial charge < -0.3 is 5.32 Å². The minimum Gasteiger partial charge on any atom is -0.348 e. The second-order valence-corrected chi connectivity index (χ2v) is 5.98. The topological polar surface area (TPSA) is 29.1 Å². The molecule has 0 aliphatic carbocycles. The van der Waals surface area contributed by atoms with Crippen molar-refractivity contribution in [2.45, 2.75) is 26.3 Å². The summed E-state index contributed by atoms with van der Waals surface area (Å²) < 4.78 is 0. The highest BCUT2D eigenvalue weighted by Crippen LogP contribution is 2.12. The van der Waals surface area contributed by atoms with E-state index in [-0.39, 0.29) is 11.9 Å². The number of rotatable bonds is 5. The number of carbonyl (C=O) groups is 1. The number of nitrogens with one attached hydrogen (secondary N) is 1. The van der Waals surface area contributed by atoms with Gasteiger partial charge in [0.2, 0.25) is 0 Å². The molecule has 2 rings (SSSR count). The number of hydrogen-bond acceptors (Lipinski definition) is 1. The van der Waals surface area contributed by atoms with Crippen LogP contribution in [0.2, 0.25) is 0 Å². The van der Waals surface area contributed by atoms with Crippen molar-refractivity contribution in [3.05, 3.63) is 70.8 Å². The number of halogens is 1. The van der Waals surface area contributed by atoms with E-state index in [1.807, 2.05) is 50.2 Å². The number of benzene rings is 2. The van der Waals surface area contributed by atoms with Crippen LogP contribution in [0.15, 0.2) is 48.5 Å². The predicted octanol–water partition coefficient (Wildman–Crippen LogP) is 4.04. The molecule has 0 spiro atoms. The van der Waals surface area contributed by atoms with Gasteiger partial charge in [-0.15, -0.1) is 0 Å². The molecule has 0 aliphatic heterocycles. The zero-order valence-corrected chi connectivity index (χ0v) is 14.0. The Balaban J connectivity index is 2.07. The maximum Gasteiger partial charge on any atom is 0.251 e. The van der Waals surface area contributed by atoms with Gasteiger partial charge in [-0.25, -0.2) is 0 Å². The standard InChI is InChI=1S/C18H20BrNO/c1-13-8-9-14(2)17(10-13)18(21)20-16(12-19)11-15-6-4-3-5-7-15/h3-10,16H,11-12H2,1-2H3,(H,20,21). The molecule has 2 aromatic rings. The molecule has 0 aliphatic rings. The van der Waals surface area contributed by atoms with Crippen LogP contribution in [0.25, 0.3) is 0 Å². The normalized spacial score (nSPS) is 12.0. The van der Waals surface area contributed by atoms with E-state index < -0.39 is 0 Å². The van der Waals surface area contributed by atoms with Gasteiger partial charge in [0.15, 0.2) is 0 Å². The average molecular weight is 346 g/mol. The molecule has 1 atom stereocenters. The first-order chi connectivity index (χ1) is 10.1. The van der Waals surface area contributed by atoms with Crippen molar-refractivity contribution in [3.8, 4) is 0 Å². The van der Waals surface area contributed by atoms with E-state index in [4.69, 9.17) is 0 Å². The molecule has 0 bridgehead atoms. The lowest BCUT2D eigenvalue weighted by Crippen LogP contribution is -2.38. The van der Waals surface area contributed by atoms with Crippen molar-refractivity contribution in [2.75, 3.05) is 5.33 Å². The first kappa shape index (κ1) is 15.8. The molecular weight excluding hydrogens is 326 g/mol. The van der Waals surface area contributed by atoms with Gasteiger partial charge in [-0.1, -0.05) is 64.0 Å². The molecule has 110 valence electrons. The summed E-state index contributed by atoms with van der Waals surface area (Å²) in [5, 5.41) is 3.85. The Morgan fingerprint density at radius 1 is 1.14 bits per heavy atom. The van der Waals surface area contributed by atoms with Crippen LogP contribution >= 0.6 is 15.9 Å². The van der Waals surface area contributed by atoms with Gasteiger partial charge in [0.05, 0.1) is 0 Å². The fraction of sp³-hybridized carbons (Fsp3) is 0.278.